The van der Waals surface area contributed by atoms with Crippen LogP contribution in [0.4, 0.5) is 13.2 Å². The number of alkyl halides is 3. The average molecular weight is 414 g/mol. The maximum absolute atomic E-state index is 13.5. The summed E-state index contributed by atoms with van der Waals surface area (Å²) in [7, 11) is 0. The summed E-state index contributed by atoms with van der Waals surface area (Å²) < 4.78 is 46.0. The molecule has 1 aromatic rings. The minimum absolute atomic E-state index is 0.150. The number of unbranched alkanes of at least 4 members (excludes halogenated alkanes) is 4. The lowest BCUT2D eigenvalue weighted by Gasteiger charge is -2.32. The first-order valence-corrected chi connectivity index (χ1v) is 9.96. The molecule has 1 aromatic carbocycles. The van der Waals surface area contributed by atoms with Gasteiger partial charge in [0.15, 0.2) is 6.61 Å². The number of nitrogens with zero attached hydrogens (tertiary/aromatic N) is 2. The molecule has 0 saturated heterocycles. The zero-order valence-corrected chi connectivity index (χ0v) is 17.2. The van der Waals surface area contributed by atoms with Crippen LogP contribution in [0, 0.1) is 13.8 Å². The van der Waals surface area contributed by atoms with Crippen molar-refractivity contribution in [2.24, 2.45) is 5.10 Å². The zero-order chi connectivity index (χ0) is 21.7. The summed E-state index contributed by atoms with van der Waals surface area (Å²) in [5, 5.41) is 14.2. The van der Waals surface area contributed by atoms with E-state index in [-0.39, 0.29) is 10.7 Å². The standard InChI is InChI=1S/C21H29F3N2O3/c1-4-5-6-7-8-9-17-13-20(28,21(22,23)24)26(25-17)19(27)14-29-18-11-15(2)10-16(3)12-18/h10-12,28H,4-9,13-14H2,1-3H3/t20-/m1/s1. The molecule has 8 heteroatoms. The third-order valence-electron chi connectivity index (χ3n) is 4.86. The SMILES string of the molecule is CCCCCCCC1=NN(C(=O)COc2cc(C)cc(C)c2)[C@](O)(C(F)(F)F)C1. The summed E-state index contributed by atoms with van der Waals surface area (Å²) >= 11 is 0. The molecule has 2 rings (SSSR count). The normalized spacial score (nSPS) is 19.4. The molecule has 5 nitrogen and oxygen atoms in total. The number of hydrogen-bond donors (Lipinski definition) is 1. The molecule has 0 aliphatic carbocycles. The highest BCUT2D eigenvalue weighted by molar-refractivity contribution is 5.91. The monoisotopic (exact) mass is 414 g/mol. The van der Waals surface area contributed by atoms with Gasteiger partial charge >= 0.3 is 6.18 Å². The van der Waals surface area contributed by atoms with E-state index in [4.69, 9.17) is 4.74 Å². The van der Waals surface area contributed by atoms with Gasteiger partial charge in [0, 0.05) is 12.1 Å². The first-order valence-electron chi connectivity index (χ1n) is 9.96. The number of carbonyl (C=O) groups is 1. The third kappa shape index (κ3) is 5.95. The Kier molecular flexibility index (Phi) is 7.68. The van der Waals surface area contributed by atoms with E-state index in [1.165, 1.54) is 0 Å². The van der Waals surface area contributed by atoms with Crippen LogP contribution in [0.5, 0.6) is 5.75 Å². The fourth-order valence-corrected chi connectivity index (χ4v) is 3.39. The van der Waals surface area contributed by atoms with E-state index in [0.717, 1.165) is 36.8 Å². The predicted octanol–water partition coefficient (Wildman–Crippen LogP) is 4.88. The lowest BCUT2D eigenvalue weighted by molar-refractivity contribution is -0.302. The summed E-state index contributed by atoms with van der Waals surface area (Å²) in [6, 6.07) is 5.28. The van der Waals surface area contributed by atoms with Crippen LogP contribution in [0.2, 0.25) is 0 Å². The van der Waals surface area contributed by atoms with Gasteiger partial charge in [-0.1, -0.05) is 38.7 Å². The van der Waals surface area contributed by atoms with Crippen LogP contribution in [0.15, 0.2) is 23.3 Å². The maximum Gasteiger partial charge on any atom is 0.438 e. The summed E-state index contributed by atoms with van der Waals surface area (Å²) in [6.07, 6.45) is -0.731. The second-order valence-corrected chi connectivity index (χ2v) is 7.64. The zero-order valence-electron chi connectivity index (χ0n) is 17.2. The molecule has 0 spiro atoms. The summed E-state index contributed by atoms with van der Waals surface area (Å²) in [5.74, 6) is -0.657. The summed E-state index contributed by atoms with van der Waals surface area (Å²) in [5.41, 5.74) is -1.33. The van der Waals surface area contributed by atoms with E-state index >= 15 is 0 Å². The first kappa shape index (κ1) is 23.2. The highest BCUT2D eigenvalue weighted by Crippen LogP contribution is 2.41. The molecule has 1 aliphatic heterocycles. The predicted molar refractivity (Wildman–Crippen MR) is 105 cm³/mol. The first-order chi connectivity index (χ1) is 13.6. The molecule has 1 aliphatic rings. The number of amides is 1. The Bertz CT molecular complexity index is 729. The molecule has 0 aromatic heterocycles. The fraction of sp³-hybridized carbons (Fsp3) is 0.619. The van der Waals surface area contributed by atoms with Crippen LogP contribution in [0.1, 0.15) is 63.0 Å². The number of hydrogen-bond acceptors (Lipinski definition) is 4. The van der Waals surface area contributed by atoms with E-state index in [1.807, 2.05) is 19.9 Å². The quantitative estimate of drug-likeness (QED) is 0.586. The molecule has 162 valence electrons. The number of carbonyl (C=O) groups excluding carboxylic acids is 1. The summed E-state index contributed by atoms with van der Waals surface area (Å²) in [4.78, 5) is 12.4. The maximum atomic E-state index is 13.5. The molecule has 1 amide bonds. The Balaban J connectivity index is 2.06. The third-order valence-corrected chi connectivity index (χ3v) is 4.86. The van der Waals surface area contributed by atoms with Gasteiger partial charge in [-0.05, 0) is 49.9 Å². The highest BCUT2D eigenvalue weighted by Gasteiger charge is 2.63. The number of halogens is 3. The van der Waals surface area contributed by atoms with Crippen molar-refractivity contribution in [2.75, 3.05) is 6.61 Å². The Morgan fingerprint density at radius 3 is 2.38 bits per heavy atom. The van der Waals surface area contributed by atoms with Crippen LogP contribution in [-0.4, -0.2) is 40.2 Å². The molecule has 0 fully saturated rings. The molecule has 1 N–H and O–H groups in total. The van der Waals surface area contributed by atoms with Gasteiger partial charge in [-0.3, -0.25) is 4.79 Å². The van der Waals surface area contributed by atoms with E-state index in [2.05, 4.69) is 12.0 Å². The van der Waals surface area contributed by atoms with Crippen molar-refractivity contribution in [2.45, 2.75) is 77.6 Å². The van der Waals surface area contributed by atoms with Crippen molar-refractivity contribution in [3.8, 4) is 5.75 Å². The number of hydrazone groups is 1. The van der Waals surface area contributed by atoms with Gasteiger partial charge < -0.3 is 9.84 Å². The van der Waals surface area contributed by atoms with Crippen LogP contribution >= 0.6 is 0 Å². The summed E-state index contributed by atoms with van der Waals surface area (Å²) in [6.45, 7) is 5.13. The van der Waals surface area contributed by atoms with E-state index in [1.54, 1.807) is 12.1 Å². The molecule has 0 saturated carbocycles. The fourth-order valence-electron chi connectivity index (χ4n) is 3.39. The van der Waals surface area contributed by atoms with E-state index in [0.29, 0.717) is 18.6 Å². The Labute approximate surface area is 169 Å². The van der Waals surface area contributed by atoms with Crippen LogP contribution < -0.4 is 4.74 Å². The van der Waals surface area contributed by atoms with Crippen LogP contribution in [0.25, 0.3) is 0 Å². The van der Waals surface area contributed by atoms with E-state index in [9.17, 15) is 23.1 Å². The second-order valence-electron chi connectivity index (χ2n) is 7.64. The van der Waals surface area contributed by atoms with Gasteiger partial charge in [-0.25, -0.2) is 0 Å². The second kappa shape index (κ2) is 9.61. The molecular weight excluding hydrogens is 385 g/mol. The van der Waals surface area contributed by atoms with Crippen molar-refractivity contribution in [1.82, 2.24) is 5.01 Å². The van der Waals surface area contributed by atoms with Crippen molar-refractivity contribution in [1.29, 1.82) is 0 Å². The molecular formula is C21H29F3N2O3. The lowest BCUT2D eigenvalue weighted by atomic mass is 10.0. The number of ether oxygens (including phenoxy) is 1. The Hall–Kier alpha value is -2.09. The van der Waals surface area contributed by atoms with Gasteiger partial charge in [0.25, 0.3) is 11.6 Å². The number of aliphatic hydroxyl groups is 1. The van der Waals surface area contributed by atoms with Gasteiger partial charge in [-0.15, -0.1) is 0 Å². The Morgan fingerprint density at radius 2 is 1.79 bits per heavy atom. The minimum Gasteiger partial charge on any atom is -0.484 e. The van der Waals surface area contributed by atoms with Gasteiger partial charge in [-0.2, -0.15) is 23.3 Å². The van der Waals surface area contributed by atoms with Crippen molar-refractivity contribution < 1.29 is 27.8 Å². The molecule has 0 unspecified atom stereocenters. The smallest absolute Gasteiger partial charge is 0.438 e. The van der Waals surface area contributed by atoms with E-state index < -0.39 is 30.8 Å². The number of aryl methyl sites for hydroxylation is 2. The molecule has 1 atom stereocenters. The van der Waals surface area contributed by atoms with Gasteiger partial charge in [0.1, 0.15) is 5.75 Å². The van der Waals surface area contributed by atoms with Crippen molar-refractivity contribution >= 4 is 11.6 Å². The molecule has 29 heavy (non-hydrogen) atoms. The highest BCUT2D eigenvalue weighted by atomic mass is 19.4. The van der Waals surface area contributed by atoms with Crippen LogP contribution in [-0.2, 0) is 4.79 Å². The number of benzene rings is 1. The molecule has 1 heterocycles. The molecule has 0 radical (unpaired) electrons. The number of rotatable bonds is 9. The average Bonchev–Trinajstić information content (AvgIpc) is 2.97. The molecule has 0 bridgehead atoms. The lowest BCUT2D eigenvalue weighted by Crippen LogP contribution is -2.57. The van der Waals surface area contributed by atoms with Gasteiger partial charge in [0.05, 0.1) is 0 Å². The van der Waals surface area contributed by atoms with Crippen molar-refractivity contribution in [3.63, 3.8) is 0 Å². The Morgan fingerprint density at radius 1 is 1.17 bits per heavy atom. The topological polar surface area (TPSA) is 62.1 Å². The minimum atomic E-state index is -5.02. The van der Waals surface area contributed by atoms with Gasteiger partial charge in [0.2, 0.25) is 0 Å². The largest absolute Gasteiger partial charge is 0.484 e. The van der Waals surface area contributed by atoms with Crippen LogP contribution in [0.3, 0.4) is 0 Å². The van der Waals surface area contributed by atoms with Crippen molar-refractivity contribution in [3.05, 3.63) is 29.3 Å².